The summed E-state index contributed by atoms with van der Waals surface area (Å²) in [5, 5.41) is 0. The van der Waals surface area contributed by atoms with E-state index in [0.717, 1.165) is 56.6 Å². The highest BCUT2D eigenvalue weighted by Gasteiger charge is 2.17. The number of methoxy groups -OCH3 is 1. The maximum absolute atomic E-state index is 5.96. The summed E-state index contributed by atoms with van der Waals surface area (Å²) in [6, 6.07) is 8.15. The molecule has 0 aliphatic rings. The van der Waals surface area contributed by atoms with Gasteiger partial charge in [-0.15, -0.1) is 0 Å². The number of hydrogen-bond acceptors (Lipinski definition) is 4. The van der Waals surface area contributed by atoms with E-state index in [2.05, 4.69) is 46.1 Å². The Morgan fingerprint density at radius 3 is 2.61 bits per heavy atom. The quantitative estimate of drug-likeness (QED) is 0.202. The summed E-state index contributed by atoms with van der Waals surface area (Å²) in [5.74, 6) is 0.865. The summed E-state index contributed by atoms with van der Waals surface area (Å²) in [5.41, 5.74) is 2.20. The molecule has 0 spiro atoms. The van der Waals surface area contributed by atoms with Crippen LogP contribution in [0.5, 0.6) is 5.75 Å². The Hall–Kier alpha value is -1.88. The average Bonchev–Trinajstić information content (AvgIpc) is 2.75. The van der Waals surface area contributed by atoms with E-state index < -0.39 is 0 Å². The van der Waals surface area contributed by atoms with E-state index >= 15 is 0 Å². The normalized spacial score (nSPS) is 13.1. The van der Waals surface area contributed by atoms with Crippen LogP contribution in [-0.4, -0.2) is 45.2 Å². The van der Waals surface area contributed by atoms with Crippen molar-refractivity contribution < 1.29 is 18.9 Å². The summed E-state index contributed by atoms with van der Waals surface area (Å²) in [6.07, 6.45) is 10.7. The van der Waals surface area contributed by atoms with E-state index in [-0.39, 0.29) is 11.7 Å². The Morgan fingerprint density at radius 2 is 1.90 bits per heavy atom. The molecule has 1 atom stereocenters. The largest absolute Gasteiger partial charge is 0.491 e. The Labute approximate surface area is 189 Å². The van der Waals surface area contributed by atoms with Gasteiger partial charge in [0.1, 0.15) is 12.4 Å². The topological polar surface area (TPSA) is 36.9 Å². The van der Waals surface area contributed by atoms with Gasteiger partial charge in [0, 0.05) is 20.3 Å². The van der Waals surface area contributed by atoms with E-state index in [4.69, 9.17) is 18.9 Å². The molecule has 1 aromatic carbocycles. The summed E-state index contributed by atoms with van der Waals surface area (Å²) in [6.45, 7) is 16.6. The van der Waals surface area contributed by atoms with Gasteiger partial charge >= 0.3 is 0 Å². The zero-order valence-corrected chi connectivity index (χ0v) is 20.0. The molecule has 0 N–H and O–H groups in total. The summed E-state index contributed by atoms with van der Waals surface area (Å²) in [7, 11) is 1.72. The lowest BCUT2D eigenvalue weighted by Gasteiger charge is -2.25. The number of rotatable bonds is 18. The molecule has 0 bridgehead atoms. The number of allylic oxidation sites excluding steroid dienone is 4. The van der Waals surface area contributed by atoms with Gasteiger partial charge < -0.3 is 18.9 Å². The molecular formula is C27H42O4. The monoisotopic (exact) mass is 430 g/mol. The van der Waals surface area contributed by atoms with Crippen molar-refractivity contribution in [2.75, 3.05) is 33.5 Å². The zero-order valence-electron chi connectivity index (χ0n) is 20.0. The first-order valence-corrected chi connectivity index (χ1v) is 11.3. The maximum atomic E-state index is 5.96. The number of benzene rings is 1. The van der Waals surface area contributed by atoms with Crippen LogP contribution in [0, 0.1) is 0 Å². The first-order valence-electron chi connectivity index (χ1n) is 11.3. The molecule has 1 rings (SSSR count). The first kappa shape index (κ1) is 27.2. The van der Waals surface area contributed by atoms with Crippen LogP contribution in [-0.2, 0) is 20.6 Å². The second-order valence-electron chi connectivity index (χ2n) is 8.38. The van der Waals surface area contributed by atoms with Crippen LogP contribution in [0.4, 0.5) is 0 Å². The van der Waals surface area contributed by atoms with E-state index in [0.29, 0.717) is 13.2 Å². The van der Waals surface area contributed by atoms with Crippen molar-refractivity contribution >= 4 is 0 Å². The van der Waals surface area contributed by atoms with Gasteiger partial charge in [0.25, 0.3) is 0 Å². The van der Waals surface area contributed by atoms with Gasteiger partial charge in [-0.25, -0.2) is 0 Å². The fraction of sp³-hybridized carbons (Fsp3) is 0.556. The summed E-state index contributed by atoms with van der Waals surface area (Å²) >= 11 is 0. The molecule has 4 heteroatoms. The minimum Gasteiger partial charge on any atom is -0.491 e. The van der Waals surface area contributed by atoms with Gasteiger partial charge in [0.15, 0.2) is 0 Å². The molecule has 0 aliphatic carbocycles. The van der Waals surface area contributed by atoms with Gasteiger partial charge in [0.2, 0.25) is 0 Å². The first-order chi connectivity index (χ1) is 14.9. The molecular weight excluding hydrogens is 388 g/mol. The van der Waals surface area contributed by atoms with Crippen LogP contribution < -0.4 is 4.74 Å². The smallest absolute Gasteiger partial charge is 0.119 e. The standard InChI is InChI=1S/C27H42O4/c1-7-12-24(8-2)21-25-14-11-15-26(22-25)30-20-19-29-23(3)13-9-10-17-31-27(4,5)16-18-28-6/h7-8,11-12,14-15,22-23H,1-2,9-10,13,16-21H2,3-6H3/b24-12+. The van der Waals surface area contributed by atoms with Crippen LogP contribution in [0.2, 0.25) is 0 Å². The number of ether oxygens (including phenoxy) is 4. The lowest BCUT2D eigenvalue weighted by Crippen LogP contribution is -2.26. The third-order valence-electron chi connectivity index (χ3n) is 5.06. The van der Waals surface area contributed by atoms with Crippen molar-refractivity contribution in [2.24, 2.45) is 0 Å². The Morgan fingerprint density at radius 1 is 1.10 bits per heavy atom. The molecule has 1 aromatic rings. The predicted molar refractivity (Wildman–Crippen MR) is 130 cm³/mol. The van der Waals surface area contributed by atoms with E-state index in [1.807, 2.05) is 24.3 Å². The number of hydrogen-bond donors (Lipinski definition) is 0. The van der Waals surface area contributed by atoms with Gasteiger partial charge in [-0.2, -0.15) is 0 Å². The number of unbranched alkanes of at least 4 members (excludes halogenated alkanes) is 1. The van der Waals surface area contributed by atoms with Crippen LogP contribution in [0.3, 0.4) is 0 Å². The molecule has 0 saturated carbocycles. The molecule has 174 valence electrons. The highest BCUT2D eigenvalue weighted by atomic mass is 16.5. The second kappa shape index (κ2) is 15.9. The van der Waals surface area contributed by atoms with Crippen molar-refractivity contribution in [2.45, 2.75) is 64.6 Å². The molecule has 0 radical (unpaired) electrons. The lowest BCUT2D eigenvalue weighted by atomic mass is 10.0. The van der Waals surface area contributed by atoms with Crippen LogP contribution in [0.15, 0.2) is 61.2 Å². The Bertz CT molecular complexity index is 663. The van der Waals surface area contributed by atoms with Crippen molar-refractivity contribution in [1.82, 2.24) is 0 Å². The Balaban J connectivity index is 2.19. The minimum atomic E-state index is -0.123. The van der Waals surface area contributed by atoms with E-state index in [9.17, 15) is 0 Å². The third-order valence-corrected chi connectivity index (χ3v) is 5.06. The highest BCUT2D eigenvalue weighted by Crippen LogP contribution is 2.18. The fourth-order valence-electron chi connectivity index (χ4n) is 3.13. The Kier molecular flexibility index (Phi) is 13.9. The van der Waals surface area contributed by atoms with E-state index in [1.54, 1.807) is 13.2 Å². The fourth-order valence-corrected chi connectivity index (χ4v) is 3.13. The minimum absolute atomic E-state index is 0.123. The van der Waals surface area contributed by atoms with Gasteiger partial charge in [0.05, 0.1) is 18.3 Å². The maximum Gasteiger partial charge on any atom is 0.119 e. The molecule has 31 heavy (non-hydrogen) atoms. The molecule has 0 aromatic heterocycles. The average molecular weight is 431 g/mol. The third kappa shape index (κ3) is 13.2. The molecule has 0 aliphatic heterocycles. The molecule has 1 unspecified atom stereocenters. The van der Waals surface area contributed by atoms with Crippen LogP contribution >= 0.6 is 0 Å². The van der Waals surface area contributed by atoms with Gasteiger partial charge in [-0.1, -0.05) is 43.5 Å². The summed E-state index contributed by atoms with van der Waals surface area (Å²) in [4.78, 5) is 0. The molecule has 0 amide bonds. The molecule has 0 saturated heterocycles. The second-order valence-corrected chi connectivity index (χ2v) is 8.38. The van der Waals surface area contributed by atoms with Crippen molar-refractivity contribution in [3.8, 4) is 5.75 Å². The lowest BCUT2D eigenvalue weighted by molar-refractivity contribution is -0.0390. The van der Waals surface area contributed by atoms with Gasteiger partial charge in [-0.3, -0.25) is 0 Å². The highest BCUT2D eigenvalue weighted by molar-refractivity contribution is 5.34. The predicted octanol–water partition coefficient (Wildman–Crippen LogP) is 6.31. The zero-order chi connectivity index (χ0) is 23.0. The van der Waals surface area contributed by atoms with E-state index in [1.165, 1.54) is 5.56 Å². The molecule has 4 nitrogen and oxygen atoms in total. The SMILES string of the molecule is C=C/C=C(\C=C)Cc1cccc(OCCOC(C)CCCCOC(C)(C)CCOC)c1. The molecule has 0 heterocycles. The van der Waals surface area contributed by atoms with Crippen LogP contribution in [0.25, 0.3) is 0 Å². The van der Waals surface area contributed by atoms with Gasteiger partial charge in [-0.05, 0) is 76.1 Å². The van der Waals surface area contributed by atoms with Crippen molar-refractivity contribution in [1.29, 1.82) is 0 Å². The summed E-state index contributed by atoms with van der Waals surface area (Å²) < 4.78 is 22.8. The van der Waals surface area contributed by atoms with Crippen LogP contribution in [0.1, 0.15) is 52.0 Å². The van der Waals surface area contributed by atoms with Crippen molar-refractivity contribution in [3.63, 3.8) is 0 Å². The molecule has 0 fully saturated rings. The van der Waals surface area contributed by atoms with Crippen molar-refractivity contribution in [3.05, 3.63) is 66.8 Å².